The lowest BCUT2D eigenvalue weighted by Crippen LogP contribution is -2.05. The van der Waals surface area contributed by atoms with Gasteiger partial charge in [0, 0.05) is 23.7 Å². The molecule has 2 N–H and O–H groups in total. The molecule has 2 aromatic carbocycles. The van der Waals surface area contributed by atoms with E-state index in [1.165, 1.54) is 12.1 Å². The van der Waals surface area contributed by atoms with Crippen LogP contribution in [-0.2, 0) is 17.8 Å². The molecule has 0 aliphatic heterocycles. The molecular weight excluding hydrogens is 297 g/mol. The second-order valence-electron chi connectivity index (χ2n) is 5.53. The van der Waals surface area contributed by atoms with Crippen molar-refractivity contribution < 1.29 is 19.4 Å². The van der Waals surface area contributed by atoms with Crippen molar-refractivity contribution in [1.82, 2.24) is 4.57 Å². The fourth-order valence-electron chi connectivity index (χ4n) is 2.90. The number of fused-ring (bicyclic) bond motifs is 1. The standard InChI is InChI=1S/C18H16FNO3/c1-11-13(8-18(22)23)14-7-17(21)15(19)9-16(14)20(11)10-12-5-3-2-4-6-12/h2-7,9,21H,8,10H2,1H3,(H,22,23). The number of halogens is 1. The first-order chi connectivity index (χ1) is 11.0. The number of hydrogen-bond acceptors (Lipinski definition) is 2. The maximum absolute atomic E-state index is 13.8. The molecule has 0 spiro atoms. The van der Waals surface area contributed by atoms with Crippen LogP contribution < -0.4 is 0 Å². The van der Waals surface area contributed by atoms with Gasteiger partial charge in [-0.05, 0) is 24.1 Å². The van der Waals surface area contributed by atoms with E-state index >= 15 is 0 Å². The second kappa shape index (κ2) is 5.76. The van der Waals surface area contributed by atoms with E-state index in [0.717, 1.165) is 11.3 Å². The summed E-state index contributed by atoms with van der Waals surface area (Å²) >= 11 is 0. The van der Waals surface area contributed by atoms with Crippen LogP contribution in [0.3, 0.4) is 0 Å². The molecule has 0 amide bonds. The molecule has 1 aromatic heterocycles. The van der Waals surface area contributed by atoms with E-state index in [4.69, 9.17) is 5.11 Å². The summed E-state index contributed by atoms with van der Waals surface area (Å²) in [6.07, 6.45) is -0.171. The fourth-order valence-corrected chi connectivity index (χ4v) is 2.90. The number of hydrogen-bond donors (Lipinski definition) is 2. The number of phenols is 1. The van der Waals surface area contributed by atoms with E-state index in [0.29, 0.717) is 23.0 Å². The highest BCUT2D eigenvalue weighted by molar-refractivity contribution is 5.90. The zero-order valence-electron chi connectivity index (χ0n) is 12.6. The third-order valence-corrected chi connectivity index (χ3v) is 4.03. The zero-order valence-corrected chi connectivity index (χ0v) is 12.6. The first-order valence-electron chi connectivity index (χ1n) is 7.23. The van der Waals surface area contributed by atoms with Gasteiger partial charge < -0.3 is 14.8 Å². The number of aromatic nitrogens is 1. The van der Waals surface area contributed by atoms with Crippen LogP contribution in [0.25, 0.3) is 10.9 Å². The van der Waals surface area contributed by atoms with E-state index < -0.39 is 17.5 Å². The molecule has 0 bridgehead atoms. The minimum Gasteiger partial charge on any atom is -0.505 e. The summed E-state index contributed by atoms with van der Waals surface area (Å²) in [5.74, 6) is -2.15. The molecule has 5 heteroatoms. The molecule has 118 valence electrons. The van der Waals surface area contributed by atoms with Gasteiger partial charge >= 0.3 is 5.97 Å². The predicted octanol–water partition coefficient (Wildman–Crippen LogP) is 3.47. The van der Waals surface area contributed by atoms with Gasteiger partial charge in [0.15, 0.2) is 11.6 Å². The van der Waals surface area contributed by atoms with Crippen LogP contribution in [0.2, 0.25) is 0 Å². The summed E-state index contributed by atoms with van der Waals surface area (Å²) in [4.78, 5) is 11.1. The molecule has 0 aliphatic carbocycles. The molecule has 0 saturated carbocycles. The number of aliphatic carboxylic acids is 1. The number of benzene rings is 2. The molecule has 23 heavy (non-hydrogen) atoms. The van der Waals surface area contributed by atoms with E-state index in [1.807, 2.05) is 41.8 Å². The van der Waals surface area contributed by atoms with Crippen molar-refractivity contribution in [3.63, 3.8) is 0 Å². The maximum atomic E-state index is 13.8. The third-order valence-electron chi connectivity index (χ3n) is 4.03. The Bertz CT molecular complexity index is 884. The Kier molecular flexibility index (Phi) is 3.78. The van der Waals surface area contributed by atoms with E-state index in [-0.39, 0.29) is 6.42 Å². The highest BCUT2D eigenvalue weighted by Gasteiger charge is 2.18. The van der Waals surface area contributed by atoms with Gasteiger partial charge in [-0.15, -0.1) is 0 Å². The Balaban J connectivity index is 2.21. The second-order valence-corrected chi connectivity index (χ2v) is 5.53. The smallest absolute Gasteiger partial charge is 0.307 e. The molecule has 0 radical (unpaired) electrons. The summed E-state index contributed by atoms with van der Waals surface area (Å²) < 4.78 is 15.7. The molecular formula is C18H16FNO3. The molecule has 0 fully saturated rings. The number of aromatic hydroxyl groups is 1. The molecule has 0 aliphatic rings. The first kappa shape index (κ1) is 15.1. The first-order valence-corrected chi connectivity index (χ1v) is 7.23. The summed E-state index contributed by atoms with van der Waals surface area (Å²) in [5, 5.41) is 19.3. The van der Waals surface area contributed by atoms with Crippen LogP contribution in [0.1, 0.15) is 16.8 Å². The number of carboxylic acids is 1. The Morgan fingerprint density at radius 3 is 2.57 bits per heavy atom. The van der Waals surface area contributed by atoms with Crippen molar-refractivity contribution in [3.05, 3.63) is 65.1 Å². The fraction of sp³-hybridized carbons (Fsp3) is 0.167. The summed E-state index contributed by atoms with van der Waals surface area (Å²) in [5.41, 5.74) is 2.97. The van der Waals surface area contributed by atoms with Crippen molar-refractivity contribution in [2.45, 2.75) is 19.9 Å². The minimum absolute atomic E-state index is 0.171. The van der Waals surface area contributed by atoms with Gasteiger partial charge in [0.2, 0.25) is 0 Å². The average Bonchev–Trinajstić information content (AvgIpc) is 2.74. The lowest BCUT2D eigenvalue weighted by atomic mass is 10.1. The number of carbonyl (C=O) groups is 1. The van der Waals surface area contributed by atoms with Crippen LogP contribution in [0.15, 0.2) is 42.5 Å². The highest BCUT2D eigenvalue weighted by Crippen LogP contribution is 2.32. The predicted molar refractivity (Wildman–Crippen MR) is 85.2 cm³/mol. The molecule has 1 heterocycles. The van der Waals surface area contributed by atoms with Crippen molar-refractivity contribution in [2.24, 2.45) is 0 Å². The van der Waals surface area contributed by atoms with Crippen LogP contribution in [-0.4, -0.2) is 20.7 Å². The number of phenolic OH excluding ortho intramolecular Hbond substituents is 1. The van der Waals surface area contributed by atoms with Crippen molar-refractivity contribution in [3.8, 4) is 5.75 Å². The molecule has 0 atom stereocenters. The van der Waals surface area contributed by atoms with Crippen molar-refractivity contribution in [1.29, 1.82) is 0 Å². The molecule has 3 rings (SSSR count). The van der Waals surface area contributed by atoms with Gasteiger partial charge in [0.05, 0.1) is 11.9 Å². The largest absolute Gasteiger partial charge is 0.505 e. The Morgan fingerprint density at radius 1 is 1.22 bits per heavy atom. The summed E-state index contributed by atoms with van der Waals surface area (Å²) in [6.45, 7) is 2.32. The van der Waals surface area contributed by atoms with E-state index in [2.05, 4.69) is 0 Å². The van der Waals surface area contributed by atoms with Crippen molar-refractivity contribution in [2.75, 3.05) is 0 Å². The SMILES string of the molecule is Cc1c(CC(=O)O)c2cc(O)c(F)cc2n1Cc1ccccc1. The number of nitrogens with zero attached hydrogens (tertiary/aromatic N) is 1. The van der Waals surface area contributed by atoms with Gasteiger partial charge in [-0.25, -0.2) is 4.39 Å². The molecule has 0 unspecified atom stereocenters. The van der Waals surface area contributed by atoms with Crippen LogP contribution in [0.4, 0.5) is 4.39 Å². The minimum atomic E-state index is -0.962. The van der Waals surface area contributed by atoms with Gasteiger partial charge in [0.25, 0.3) is 0 Å². The van der Waals surface area contributed by atoms with Gasteiger partial charge in [-0.1, -0.05) is 30.3 Å². The molecule has 0 saturated heterocycles. The van der Waals surface area contributed by atoms with E-state index in [1.54, 1.807) is 0 Å². The number of carboxylic acid groups (broad SMARTS) is 1. The average molecular weight is 313 g/mol. The van der Waals surface area contributed by atoms with Gasteiger partial charge in [-0.3, -0.25) is 4.79 Å². The van der Waals surface area contributed by atoms with Crippen LogP contribution in [0.5, 0.6) is 5.75 Å². The lowest BCUT2D eigenvalue weighted by molar-refractivity contribution is -0.136. The van der Waals surface area contributed by atoms with Crippen LogP contribution >= 0.6 is 0 Å². The topological polar surface area (TPSA) is 62.5 Å². The molecule has 3 aromatic rings. The van der Waals surface area contributed by atoms with E-state index in [9.17, 15) is 14.3 Å². The Labute approximate surface area is 132 Å². The monoisotopic (exact) mass is 313 g/mol. The lowest BCUT2D eigenvalue weighted by Gasteiger charge is -2.09. The number of rotatable bonds is 4. The summed E-state index contributed by atoms with van der Waals surface area (Å²) in [7, 11) is 0. The van der Waals surface area contributed by atoms with Gasteiger partial charge in [0.1, 0.15) is 0 Å². The quantitative estimate of drug-likeness (QED) is 0.775. The van der Waals surface area contributed by atoms with Crippen LogP contribution in [0, 0.1) is 12.7 Å². The third kappa shape index (κ3) is 2.77. The Hall–Kier alpha value is -2.82. The van der Waals surface area contributed by atoms with Gasteiger partial charge in [-0.2, -0.15) is 0 Å². The molecule has 4 nitrogen and oxygen atoms in total. The highest BCUT2D eigenvalue weighted by atomic mass is 19.1. The normalized spacial score (nSPS) is 11.0. The van der Waals surface area contributed by atoms with Crippen molar-refractivity contribution >= 4 is 16.9 Å². The zero-order chi connectivity index (χ0) is 16.6. The summed E-state index contributed by atoms with van der Waals surface area (Å²) in [6, 6.07) is 12.2. The Morgan fingerprint density at radius 2 is 1.91 bits per heavy atom. The maximum Gasteiger partial charge on any atom is 0.307 e.